The summed E-state index contributed by atoms with van der Waals surface area (Å²) in [6.07, 6.45) is 3.21. The van der Waals surface area contributed by atoms with Crippen molar-refractivity contribution in [1.82, 2.24) is 10.2 Å². The first-order valence-corrected chi connectivity index (χ1v) is 7.54. The van der Waals surface area contributed by atoms with E-state index in [1.165, 1.54) is 23.5 Å². The number of halogens is 1. The first-order chi connectivity index (χ1) is 9.70. The Labute approximate surface area is 120 Å². The number of aliphatic hydroxyl groups is 1. The molecule has 2 atom stereocenters. The van der Waals surface area contributed by atoms with Gasteiger partial charge in [-0.25, -0.2) is 4.39 Å². The van der Waals surface area contributed by atoms with E-state index in [4.69, 9.17) is 0 Å². The molecule has 6 heteroatoms. The standard InChI is InChI=1S/C14H16FN3OS/c15-10-6-4-9(5-7-10)8-13-17-18-14(20-13)16-11-2-1-3-12(11)19/h4-7,11-12,19H,1-3,8H2,(H,16,18)/t11-,12-/m0/s1. The zero-order valence-electron chi connectivity index (χ0n) is 10.9. The van der Waals surface area contributed by atoms with Gasteiger partial charge in [0.25, 0.3) is 0 Å². The van der Waals surface area contributed by atoms with Crippen LogP contribution >= 0.6 is 11.3 Å². The Morgan fingerprint density at radius 2 is 2.05 bits per heavy atom. The minimum Gasteiger partial charge on any atom is -0.391 e. The molecule has 1 aliphatic carbocycles. The van der Waals surface area contributed by atoms with Crippen molar-refractivity contribution in [1.29, 1.82) is 0 Å². The van der Waals surface area contributed by atoms with Gasteiger partial charge in [-0.2, -0.15) is 0 Å². The average molecular weight is 293 g/mol. The highest BCUT2D eigenvalue weighted by atomic mass is 32.1. The van der Waals surface area contributed by atoms with Gasteiger partial charge in [0.05, 0.1) is 12.1 Å². The van der Waals surface area contributed by atoms with Crippen molar-refractivity contribution >= 4 is 16.5 Å². The van der Waals surface area contributed by atoms with Gasteiger partial charge >= 0.3 is 0 Å². The molecule has 0 amide bonds. The van der Waals surface area contributed by atoms with E-state index in [0.29, 0.717) is 6.42 Å². The highest BCUT2D eigenvalue weighted by Crippen LogP contribution is 2.25. The molecule has 1 aliphatic rings. The molecule has 4 nitrogen and oxygen atoms in total. The van der Waals surface area contributed by atoms with Crippen LogP contribution in [0, 0.1) is 5.82 Å². The molecule has 2 N–H and O–H groups in total. The van der Waals surface area contributed by atoms with Crippen LogP contribution in [0.1, 0.15) is 29.8 Å². The fourth-order valence-electron chi connectivity index (χ4n) is 2.43. The topological polar surface area (TPSA) is 58.0 Å². The molecule has 0 aliphatic heterocycles. The molecule has 2 aromatic rings. The van der Waals surface area contributed by atoms with Gasteiger partial charge in [0.15, 0.2) is 0 Å². The molecular formula is C14H16FN3OS. The van der Waals surface area contributed by atoms with Crippen molar-refractivity contribution in [2.45, 2.75) is 37.8 Å². The number of aliphatic hydroxyl groups excluding tert-OH is 1. The summed E-state index contributed by atoms with van der Waals surface area (Å²) in [7, 11) is 0. The van der Waals surface area contributed by atoms with Gasteiger partial charge in [0, 0.05) is 6.42 Å². The van der Waals surface area contributed by atoms with Crippen LogP contribution < -0.4 is 5.32 Å². The fraction of sp³-hybridized carbons (Fsp3) is 0.429. The van der Waals surface area contributed by atoms with Crippen LogP contribution in [0.3, 0.4) is 0 Å². The molecule has 1 saturated carbocycles. The molecular weight excluding hydrogens is 277 g/mol. The number of anilines is 1. The summed E-state index contributed by atoms with van der Waals surface area (Å²) in [5.41, 5.74) is 1.01. The number of nitrogens with one attached hydrogen (secondary N) is 1. The number of benzene rings is 1. The summed E-state index contributed by atoms with van der Waals surface area (Å²) >= 11 is 1.48. The summed E-state index contributed by atoms with van der Waals surface area (Å²) in [5.74, 6) is -0.233. The van der Waals surface area contributed by atoms with Crippen LogP contribution in [0.5, 0.6) is 0 Å². The van der Waals surface area contributed by atoms with E-state index < -0.39 is 0 Å². The number of rotatable bonds is 4. The quantitative estimate of drug-likeness (QED) is 0.909. The summed E-state index contributed by atoms with van der Waals surface area (Å²) in [4.78, 5) is 0. The molecule has 1 heterocycles. The van der Waals surface area contributed by atoms with Crippen molar-refractivity contribution in [2.75, 3.05) is 5.32 Å². The Hall–Kier alpha value is -1.53. The predicted octanol–water partition coefficient (Wildman–Crippen LogP) is 2.59. The SMILES string of the molecule is O[C@H]1CCC[C@@H]1Nc1nnc(Cc2ccc(F)cc2)s1. The monoisotopic (exact) mass is 293 g/mol. The minimum absolute atomic E-state index is 0.0848. The molecule has 1 aromatic carbocycles. The molecule has 1 fully saturated rings. The fourth-order valence-corrected chi connectivity index (χ4v) is 3.26. The van der Waals surface area contributed by atoms with Crippen LogP contribution in [-0.2, 0) is 6.42 Å². The number of hydrogen-bond donors (Lipinski definition) is 2. The summed E-state index contributed by atoms with van der Waals surface area (Å²) in [6, 6.07) is 6.49. The molecule has 106 valence electrons. The second-order valence-electron chi connectivity index (χ2n) is 5.05. The van der Waals surface area contributed by atoms with Crippen molar-refractivity contribution in [3.8, 4) is 0 Å². The van der Waals surface area contributed by atoms with E-state index >= 15 is 0 Å². The number of nitrogens with zero attached hydrogens (tertiary/aromatic N) is 2. The Morgan fingerprint density at radius 1 is 1.25 bits per heavy atom. The van der Waals surface area contributed by atoms with Crippen LogP contribution in [0.2, 0.25) is 0 Å². The molecule has 0 spiro atoms. The third kappa shape index (κ3) is 3.13. The molecule has 0 radical (unpaired) electrons. The van der Waals surface area contributed by atoms with Gasteiger partial charge in [-0.05, 0) is 37.0 Å². The maximum absolute atomic E-state index is 12.8. The normalized spacial score (nSPS) is 22.1. The molecule has 20 heavy (non-hydrogen) atoms. The van der Waals surface area contributed by atoms with Crippen molar-refractivity contribution in [3.05, 3.63) is 40.7 Å². The number of aromatic nitrogens is 2. The Morgan fingerprint density at radius 3 is 2.75 bits per heavy atom. The van der Waals surface area contributed by atoms with Gasteiger partial charge in [-0.1, -0.05) is 23.5 Å². The summed E-state index contributed by atoms with van der Waals surface area (Å²) < 4.78 is 12.8. The average Bonchev–Trinajstić information content (AvgIpc) is 3.03. The molecule has 1 aromatic heterocycles. The Balaban J connectivity index is 1.63. The number of hydrogen-bond acceptors (Lipinski definition) is 5. The van der Waals surface area contributed by atoms with Gasteiger partial charge in [-0.3, -0.25) is 0 Å². The van der Waals surface area contributed by atoms with E-state index in [-0.39, 0.29) is 18.0 Å². The maximum Gasteiger partial charge on any atom is 0.205 e. The predicted molar refractivity (Wildman–Crippen MR) is 76.4 cm³/mol. The van der Waals surface area contributed by atoms with E-state index in [9.17, 15) is 9.50 Å². The zero-order chi connectivity index (χ0) is 13.9. The van der Waals surface area contributed by atoms with Gasteiger partial charge in [0.2, 0.25) is 5.13 Å². The smallest absolute Gasteiger partial charge is 0.205 e. The van der Waals surface area contributed by atoms with E-state index in [0.717, 1.165) is 35.0 Å². The van der Waals surface area contributed by atoms with Crippen LogP contribution in [0.25, 0.3) is 0 Å². The second-order valence-corrected chi connectivity index (χ2v) is 6.12. The lowest BCUT2D eigenvalue weighted by molar-refractivity contribution is 0.172. The second kappa shape index (κ2) is 5.85. The minimum atomic E-state index is -0.292. The van der Waals surface area contributed by atoms with E-state index in [1.807, 2.05) is 0 Å². The molecule has 3 rings (SSSR count). The van der Waals surface area contributed by atoms with Crippen LogP contribution in [-0.4, -0.2) is 27.4 Å². The zero-order valence-corrected chi connectivity index (χ0v) is 11.7. The lowest BCUT2D eigenvalue weighted by Crippen LogP contribution is -2.27. The van der Waals surface area contributed by atoms with Gasteiger partial charge < -0.3 is 10.4 Å². The van der Waals surface area contributed by atoms with Gasteiger partial charge in [-0.15, -0.1) is 10.2 Å². The lowest BCUT2D eigenvalue weighted by Gasteiger charge is -2.14. The third-order valence-corrected chi connectivity index (χ3v) is 4.38. The highest BCUT2D eigenvalue weighted by Gasteiger charge is 2.25. The van der Waals surface area contributed by atoms with E-state index in [1.54, 1.807) is 12.1 Å². The first kappa shape index (κ1) is 13.5. The van der Waals surface area contributed by atoms with E-state index in [2.05, 4.69) is 15.5 Å². The van der Waals surface area contributed by atoms with Gasteiger partial charge in [0.1, 0.15) is 10.8 Å². The maximum atomic E-state index is 12.8. The first-order valence-electron chi connectivity index (χ1n) is 6.72. The highest BCUT2D eigenvalue weighted by molar-refractivity contribution is 7.15. The summed E-state index contributed by atoms with van der Waals surface area (Å²) in [5, 5.41) is 22.9. The van der Waals surface area contributed by atoms with Crippen LogP contribution in [0.15, 0.2) is 24.3 Å². The molecule has 0 bridgehead atoms. The van der Waals surface area contributed by atoms with Crippen molar-refractivity contribution in [2.24, 2.45) is 0 Å². The van der Waals surface area contributed by atoms with Crippen molar-refractivity contribution in [3.63, 3.8) is 0 Å². The molecule has 0 unspecified atom stereocenters. The summed E-state index contributed by atoms with van der Waals surface area (Å²) in [6.45, 7) is 0. The lowest BCUT2D eigenvalue weighted by atomic mass is 10.2. The Bertz CT molecular complexity index is 572. The molecule has 0 saturated heterocycles. The van der Waals surface area contributed by atoms with Crippen molar-refractivity contribution < 1.29 is 9.50 Å². The third-order valence-electron chi connectivity index (χ3n) is 3.52. The Kier molecular flexibility index (Phi) is 3.93. The largest absolute Gasteiger partial charge is 0.391 e. The van der Waals surface area contributed by atoms with Crippen LogP contribution in [0.4, 0.5) is 9.52 Å².